The first-order chi connectivity index (χ1) is 6.49. The molecule has 0 saturated carbocycles. The Morgan fingerprint density at radius 1 is 0.933 bits per heavy atom. The fraction of sp³-hybridized carbons (Fsp3) is 0.636. The third-order valence-electron chi connectivity index (χ3n) is 1.27. The van der Waals surface area contributed by atoms with Crippen LogP contribution >= 0.6 is 0 Å². The molecule has 0 aromatic carbocycles. The van der Waals surface area contributed by atoms with Crippen molar-refractivity contribution in [2.45, 2.75) is 46.2 Å². The average Bonchev–Trinajstić information content (AvgIpc) is 1.73. The molecular formula is C11H24O2Si2. The summed E-state index contributed by atoms with van der Waals surface area (Å²) in [6, 6.07) is 0. The third kappa shape index (κ3) is 9.81. The van der Waals surface area contributed by atoms with Crippen LogP contribution in [-0.2, 0) is 8.85 Å². The largest absolute Gasteiger partial charge is 0.547 e. The molecule has 0 N–H and O–H groups in total. The second-order valence-electron chi connectivity index (χ2n) is 5.65. The molecule has 0 heterocycles. The molecule has 2 nitrogen and oxygen atoms in total. The number of rotatable bonds is 5. The van der Waals surface area contributed by atoms with Gasteiger partial charge in [-0.05, 0) is 46.2 Å². The predicted octanol–water partition coefficient (Wildman–Crippen LogP) is 4.11. The summed E-state index contributed by atoms with van der Waals surface area (Å²) in [6.07, 6.45) is 1.89. The van der Waals surface area contributed by atoms with Gasteiger partial charge in [0, 0.05) is 6.08 Å². The summed E-state index contributed by atoms with van der Waals surface area (Å²) in [4.78, 5) is 0. The van der Waals surface area contributed by atoms with E-state index in [0.29, 0.717) is 5.76 Å². The summed E-state index contributed by atoms with van der Waals surface area (Å²) >= 11 is 0. The highest BCUT2D eigenvalue weighted by atomic mass is 28.4. The molecule has 0 aliphatic heterocycles. The molecule has 15 heavy (non-hydrogen) atoms. The molecule has 0 amide bonds. The van der Waals surface area contributed by atoms with Gasteiger partial charge in [-0.25, -0.2) is 0 Å². The van der Waals surface area contributed by atoms with Crippen LogP contribution in [0.1, 0.15) is 6.92 Å². The quantitative estimate of drug-likeness (QED) is 0.412. The number of allylic oxidation sites excluding steroid dienone is 2. The van der Waals surface area contributed by atoms with Gasteiger partial charge in [0.1, 0.15) is 0 Å². The lowest BCUT2D eigenvalue weighted by Crippen LogP contribution is -2.25. The summed E-state index contributed by atoms with van der Waals surface area (Å²) in [5, 5.41) is 0. The second kappa shape index (κ2) is 5.03. The molecule has 0 rings (SSSR count). The lowest BCUT2D eigenvalue weighted by atomic mass is 10.4. The third-order valence-corrected chi connectivity index (χ3v) is 3.08. The van der Waals surface area contributed by atoms with Crippen molar-refractivity contribution in [2.24, 2.45) is 0 Å². The van der Waals surface area contributed by atoms with Crippen molar-refractivity contribution in [3.63, 3.8) is 0 Å². The first-order valence-electron chi connectivity index (χ1n) is 5.25. The van der Waals surface area contributed by atoms with Crippen molar-refractivity contribution in [1.82, 2.24) is 0 Å². The van der Waals surface area contributed by atoms with Gasteiger partial charge in [-0.1, -0.05) is 6.58 Å². The van der Waals surface area contributed by atoms with E-state index in [1.807, 2.05) is 13.0 Å². The molecule has 0 unspecified atom stereocenters. The average molecular weight is 244 g/mol. The first-order valence-corrected chi connectivity index (χ1v) is 12.1. The van der Waals surface area contributed by atoms with Gasteiger partial charge in [-0.15, -0.1) is 0 Å². The highest BCUT2D eigenvalue weighted by Gasteiger charge is 2.18. The molecule has 0 atom stereocenters. The topological polar surface area (TPSA) is 18.5 Å². The first kappa shape index (κ1) is 14.5. The Hall–Kier alpha value is -0.486. The maximum Gasteiger partial charge on any atom is 0.242 e. The van der Waals surface area contributed by atoms with E-state index in [1.165, 1.54) is 0 Å². The van der Waals surface area contributed by atoms with Crippen molar-refractivity contribution in [3.05, 3.63) is 24.2 Å². The van der Waals surface area contributed by atoms with Crippen molar-refractivity contribution in [1.29, 1.82) is 0 Å². The molecule has 88 valence electrons. The van der Waals surface area contributed by atoms with Gasteiger partial charge in [0.25, 0.3) is 0 Å². The van der Waals surface area contributed by atoms with E-state index >= 15 is 0 Å². The zero-order valence-corrected chi connectivity index (χ0v) is 13.1. The monoisotopic (exact) mass is 244 g/mol. The van der Waals surface area contributed by atoms with Gasteiger partial charge in [0.05, 0.1) is 11.5 Å². The molecule has 0 aliphatic carbocycles. The molecule has 0 bridgehead atoms. The molecule has 0 spiro atoms. The Labute approximate surface area is 96.2 Å². The summed E-state index contributed by atoms with van der Waals surface area (Å²) in [6.45, 7) is 18.7. The Balaban J connectivity index is 4.31. The maximum absolute atomic E-state index is 5.80. The highest BCUT2D eigenvalue weighted by Crippen LogP contribution is 2.15. The van der Waals surface area contributed by atoms with Gasteiger partial charge in [0.15, 0.2) is 0 Å². The van der Waals surface area contributed by atoms with Gasteiger partial charge in [0.2, 0.25) is 16.6 Å². The van der Waals surface area contributed by atoms with Crippen LogP contribution in [0, 0.1) is 0 Å². The Kier molecular flexibility index (Phi) is 4.87. The van der Waals surface area contributed by atoms with E-state index in [9.17, 15) is 0 Å². The SMILES string of the molecule is C=C(/C=C(/C)O[Si](C)(C)C)O[Si](C)(C)C. The van der Waals surface area contributed by atoms with Crippen LogP contribution in [0.4, 0.5) is 0 Å². The van der Waals surface area contributed by atoms with Gasteiger partial charge < -0.3 is 8.85 Å². The van der Waals surface area contributed by atoms with Crippen molar-refractivity contribution in [2.75, 3.05) is 0 Å². The van der Waals surface area contributed by atoms with Gasteiger partial charge in [-0.3, -0.25) is 0 Å². The van der Waals surface area contributed by atoms with Crippen LogP contribution in [0.5, 0.6) is 0 Å². The van der Waals surface area contributed by atoms with Crippen molar-refractivity contribution >= 4 is 16.6 Å². The van der Waals surface area contributed by atoms with E-state index in [4.69, 9.17) is 8.85 Å². The summed E-state index contributed by atoms with van der Waals surface area (Å²) in [5.41, 5.74) is 0. The number of hydrogen-bond acceptors (Lipinski definition) is 2. The molecule has 0 aromatic heterocycles. The van der Waals surface area contributed by atoms with Gasteiger partial charge in [-0.2, -0.15) is 0 Å². The van der Waals surface area contributed by atoms with E-state index in [1.54, 1.807) is 0 Å². The van der Waals surface area contributed by atoms with Crippen molar-refractivity contribution < 1.29 is 8.85 Å². The smallest absolute Gasteiger partial charge is 0.242 e. The fourth-order valence-corrected chi connectivity index (χ4v) is 3.03. The van der Waals surface area contributed by atoms with E-state index in [0.717, 1.165) is 5.76 Å². The number of hydrogen-bond donors (Lipinski definition) is 0. The molecule has 0 aromatic rings. The van der Waals surface area contributed by atoms with Crippen LogP contribution in [-0.4, -0.2) is 16.6 Å². The minimum Gasteiger partial charge on any atom is -0.547 e. The Morgan fingerprint density at radius 3 is 1.67 bits per heavy atom. The second-order valence-corrected chi connectivity index (χ2v) is 14.5. The van der Waals surface area contributed by atoms with Crippen LogP contribution in [0.25, 0.3) is 0 Å². The minimum absolute atomic E-state index is 0.713. The molecule has 0 radical (unpaired) electrons. The lowest BCUT2D eigenvalue weighted by Gasteiger charge is -2.22. The zero-order valence-electron chi connectivity index (χ0n) is 11.1. The van der Waals surface area contributed by atoms with Crippen LogP contribution in [0.15, 0.2) is 24.2 Å². The highest BCUT2D eigenvalue weighted by molar-refractivity contribution is 6.70. The van der Waals surface area contributed by atoms with E-state index in [2.05, 4.69) is 45.9 Å². The van der Waals surface area contributed by atoms with Crippen LogP contribution < -0.4 is 0 Å². The molecule has 0 fully saturated rings. The zero-order chi connectivity index (χ0) is 12.3. The Morgan fingerprint density at radius 2 is 1.33 bits per heavy atom. The summed E-state index contributed by atoms with van der Waals surface area (Å²) in [5.74, 6) is 1.61. The molecular weight excluding hydrogens is 220 g/mol. The van der Waals surface area contributed by atoms with E-state index in [-0.39, 0.29) is 0 Å². The lowest BCUT2D eigenvalue weighted by molar-refractivity contribution is 0.406. The molecule has 0 saturated heterocycles. The van der Waals surface area contributed by atoms with Gasteiger partial charge >= 0.3 is 0 Å². The van der Waals surface area contributed by atoms with E-state index < -0.39 is 16.6 Å². The summed E-state index contributed by atoms with van der Waals surface area (Å²) in [7, 11) is -3.03. The summed E-state index contributed by atoms with van der Waals surface area (Å²) < 4.78 is 11.5. The molecule has 4 heteroatoms. The minimum atomic E-state index is -1.53. The predicted molar refractivity (Wildman–Crippen MR) is 71.8 cm³/mol. The normalized spacial score (nSPS) is 13.7. The standard InChI is InChI=1S/C11H24O2Si2/c1-10(12-14(3,4)5)9-11(2)13-15(6,7)8/h9H,1H2,2-8H3/b11-9-. The Bertz CT molecular complexity index is 257. The maximum atomic E-state index is 5.80. The van der Waals surface area contributed by atoms with Crippen LogP contribution in [0.3, 0.4) is 0 Å². The van der Waals surface area contributed by atoms with Crippen LogP contribution in [0.2, 0.25) is 39.3 Å². The fourth-order valence-electron chi connectivity index (χ4n) is 1.16. The molecule has 0 aliphatic rings. The van der Waals surface area contributed by atoms with Crippen molar-refractivity contribution in [3.8, 4) is 0 Å².